The summed E-state index contributed by atoms with van der Waals surface area (Å²) in [7, 11) is -7.56. The highest BCUT2D eigenvalue weighted by Crippen LogP contribution is 2.40. The topological polar surface area (TPSA) is 365 Å². The van der Waals surface area contributed by atoms with Crippen LogP contribution >= 0.6 is 0 Å². The van der Waals surface area contributed by atoms with E-state index in [2.05, 4.69) is 10.6 Å². The molecule has 0 atom stereocenters. The van der Waals surface area contributed by atoms with Crippen molar-refractivity contribution < 1.29 is 124 Å². The lowest BCUT2D eigenvalue weighted by atomic mass is 9.76. The van der Waals surface area contributed by atoms with Gasteiger partial charge in [0.25, 0.3) is 11.8 Å². The number of nitrogens with one attached hydrogen (secondary N) is 2. The zero-order valence-corrected chi connectivity index (χ0v) is 63.5. The Morgan fingerprint density at radius 3 is 0.917 bits per heavy atom. The zero-order valence-electron chi connectivity index (χ0n) is 63.5. The van der Waals surface area contributed by atoms with Gasteiger partial charge in [-0.15, -0.1) is 0 Å². The van der Waals surface area contributed by atoms with Crippen LogP contribution in [0, 0.1) is 17.5 Å². The Morgan fingerprint density at radius 1 is 0.361 bits per heavy atom. The van der Waals surface area contributed by atoms with Gasteiger partial charge in [-0.05, 0) is 237 Å². The Hall–Kier alpha value is -8.62. The van der Waals surface area contributed by atoms with Crippen molar-refractivity contribution in [2.24, 2.45) is 0 Å². The summed E-state index contributed by atoms with van der Waals surface area (Å²) in [5, 5.41) is 60.0. The fraction of sp³-hybridized carbons (Fsp3) is 0.405. The van der Waals surface area contributed by atoms with E-state index in [-0.39, 0.29) is 67.5 Å². The molecular formula is C74H87B6F3N2O23. The first-order valence-corrected chi connectivity index (χ1v) is 34.4. The number of esters is 1. The number of carbonyl (C=O) groups is 8. The second kappa shape index (κ2) is 31.4. The minimum Gasteiger partial charge on any atom is -0.480 e. The van der Waals surface area contributed by atoms with Gasteiger partial charge in [0.2, 0.25) is 0 Å². The first-order chi connectivity index (χ1) is 49.5. The number of amides is 2. The predicted molar refractivity (Wildman–Crippen MR) is 396 cm³/mol. The molecule has 0 saturated carbocycles. The molecule has 10 rings (SSSR count). The maximum Gasteiger partial charge on any atom is 0.494 e. The third-order valence-corrected chi connectivity index (χ3v) is 19.9. The molecule has 6 aromatic rings. The normalized spacial score (nSPS) is 18.0. The van der Waals surface area contributed by atoms with E-state index < -0.39 is 164 Å². The average Bonchev–Trinajstić information content (AvgIpc) is 1.61. The summed E-state index contributed by atoms with van der Waals surface area (Å²) in [5.41, 5.74) is -5.46. The molecule has 0 unspecified atom stereocenters. The molecule has 6 aromatic carbocycles. The Bertz CT molecular complexity index is 4480. The summed E-state index contributed by atoms with van der Waals surface area (Å²) in [6.07, 6.45) is 0. The van der Waals surface area contributed by atoms with Crippen molar-refractivity contribution in [2.45, 2.75) is 182 Å². The molecule has 34 heteroatoms. The molecule has 0 spiro atoms. The predicted octanol–water partition coefficient (Wildman–Crippen LogP) is 4.31. The van der Waals surface area contributed by atoms with Crippen LogP contribution in [0.4, 0.5) is 13.2 Å². The van der Waals surface area contributed by atoms with E-state index in [4.69, 9.17) is 47.1 Å². The van der Waals surface area contributed by atoms with Crippen molar-refractivity contribution >= 4 is 123 Å². The molecule has 4 fully saturated rings. The van der Waals surface area contributed by atoms with Gasteiger partial charge >= 0.3 is 60.6 Å². The number of carboxylic acids is 2. The molecular weight excluding hydrogens is 1410 g/mol. The highest BCUT2D eigenvalue weighted by Gasteiger charge is 2.56. The fourth-order valence-electron chi connectivity index (χ4n) is 11.1. The van der Waals surface area contributed by atoms with Gasteiger partial charge < -0.3 is 82.9 Å². The minimum atomic E-state index is -2.04. The second-order valence-electron chi connectivity index (χ2n) is 31.6. The first-order valence-electron chi connectivity index (χ1n) is 34.4. The fourth-order valence-corrected chi connectivity index (χ4v) is 11.1. The number of ketones is 3. The van der Waals surface area contributed by atoms with Gasteiger partial charge in [0.05, 0.1) is 50.4 Å². The summed E-state index contributed by atoms with van der Waals surface area (Å²) in [4.78, 5) is 100. The number of carbonyl (C=O) groups excluding carboxylic acids is 6. The lowest BCUT2D eigenvalue weighted by Crippen LogP contribution is -2.41. The summed E-state index contributed by atoms with van der Waals surface area (Å²) in [6.45, 7) is 34.2. The number of benzene rings is 6. The van der Waals surface area contributed by atoms with Crippen molar-refractivity contribution in [3.05, 3.63) is 177 Å². The average molecular weight is 1490 g/mol. The van der Waals surface area contributed by atoms with Gasteiger partial charge in [-0.3, -0.25) is 33.6 Å². The monoisotopic (exact) mass is 1490 g/mol. The minimum absolute atomic E-state index is 0.0425. The van der Waals surface area contributed by atoms with E-state index in [0.29, 0.717) is 21.9 Å². The summed E-state index contributed by atoms with van der Waals surface area (Å²) in [5.74, 6) is -8.73. The molecule has 108 heavy (non-hydrogen) atoms. The highest BCUT2D eigenvalue weighted by molar-refractivity contribution is 6.64. The largest absolute Gasteiger partial charge is 0.494 e. The molecule has 4 saturated heterocycles. The van der Waals surface area contributed by atoms with Gasteiger partial charge in [0.15, 0.2) is 17.3 Å². The molecule has 0 aromatic heterocycles. The number of ether oxygens (including phenoxy) is 1. The van der Waals surface area contributed by atoms with Gasteiger partial charge in [0.1, 0.15) is 36.1 Å². The van der Waals surface area contributed by atoms with E-state index >= 15 is 0 Å². The molecule has 0 aliphatic carbocycles. The number of rotatable bonds is 19. The van der Waals surface area contributed by atoms with Crippen LogP contribution in [0.1, 0.15) is 210 Å². The molecule has 0 radical (unpaired) electrons. The van der Waals surface area contributed by atoms with Crippen molar-refractivity contribution in [2.75, 3.05) is 13.1 Å². The van der Waals surface area contributed by atoms with Crippen LogP contribution in [-0.4, -0.2) is 184 Å². The van der Waals surface area contributed by atoms with Crippen molar-refractivity contribution in [1.82, 2.24) is 10.6 Å². The summed E-state index contributed by atoms with van der Waals surface area (Å²) < 4.78 is 97.2. The Balaban J connectivity index is 0.000000209. The quantitative estimate of drug-likeness (QED) is 0.0318. The van der Waals surface area contributed by atoms with E-state index in [0.717, 1.165) is 48.5 Å². The standard InChI is InChI=1S/C32H42B2FNO8.C26H31B2FO7.C16H14B2FNO8/c1-28(2,3)40-25(37)18-36-27(39)21-12-19(13-22(15-21)33-41-29(4,5)30(6,7)42-33)26(38)20-14-23(17-24(35)16-20)34-43-31(8,9)32(10,11)44-34;1-23(2)24(3,4)34-27(33-23)18-10-15(9-17(12-18)22(31)32)21(30)16-11-19(14-20(29)13-16)28-35-25(5,6)26(7,8)36-28;19-13-5-9(3-12(6-13)18(27)28)15(23)8-1-10(4-11(2-8)17(25)26)16(24)20-7-14(21)22/h12-17H,18H2,1-11H3,(H,36,39);9-14H,1-8H3,(H,31,32);1-6,25-28H,7H2,(H,20,24)(H,21,22). The van der Waals surface area contributed by atoms with Crippen molar-refractivity contribution in [3.63, 3.8) is 0 Å². The van der Waals surface area contributed by atoms with Crippen LogP contribution in [0.3, 0.4) is 0 Å². The van der Waals surface area contributed by atoms with Crippen LogP contribution in [0.25, 0.3) is 0 Å². The molecule has 570 valence electrons. The van der Waals surface area contributed by atoms with Crippen LogP contribution in [0.15, 0.2) is 109 Å². The van der Waals surface area contributed by atoms with Gasteiger partial charge in [-0.1, -0.05) is 36.4 Å². The van der Waals surface area contributed by atoms with E-state index in [1.807, 2.05) is 111 Å². The van der Waals surface area contributed by atoms with Crippen molar-refractivity contribution in [1.29, 1.82) is 0 Å². The number of hydrogen-bond acceptors (Lipinski definition) is 21. The van der Waals surface area contributed by atoms with E-state index in [1.165, 1.54) is 48.5 Å². The molecule has 4 heterocycles. The maximum absolute atomic E-state index is 14.9. The highest BCUT2D eigenvalue weighted by atomic mass is 19.1. The molecule has 4 aliphatic rings. The van der Waals surface area contributed by atoms with Crippen LogP contribution in [0.5, 0.6) is 0 Å². The number of halogens is 3. The summed E-state index contributed by atoms with van der Waals surface area (Å²) >= 11 is 0. The van der Waals surface area contributed by atoms with Crippen LogP contribution in [0.2, 0.25) is 0 Å². The Labute approximate surface area is 626 Å². The third-order valence-electron chi connectivity index (χ3n) is 19.9. The van der Waals surface area contributed by atoms with E-state index in [1.54, 1.807) is 32.9 Å². The smallest absolute Gasteiger partial charge is 0.480 e. The van der Waals surface area contributed by atoms with Gasteiger partial charge in [0, 0.05) is 44.5 Å². The van der Waals surface area contributed by atoms with Crippen LogP contribution in [-0.2, 0) is 51.6 Å². The SMILES string of the molecule is CC(C)(C)OC(=O)CNC(=O)c1cc(B2OC(C)(C)C(C)(C)O2)cc(C(=O)c2cc(F)cc(B3OC(C)(C)C(C)(C)O3)c2)c1.CC1(C)OB(c2cc(F)cc(C(=O)c3cc(B4OC(C)(C)C(C)(C)O4)cc(C(=O)O)c3)c2)OC1(C)C.O=C(O)CNC(=O)c1cc(B(O)O)cc(C(=O)c2cc(F)cc(B(O)O)c2)c1. The lowest BCUT2D eigenvalue weighted by molar-refractivity contribution is -0.153. The number of aliphatic carboxylic acids is 1. The van der Waals surface area contributed by atoms with E-state index in [9.17, 15) is 76.7 Å². The van der Waals surface area contributed by atoms with Gasteiger partial charge in [-0.2, -0.15) is 0 Å². The number of aromatic carboxylic acids is 1. The number of carboxylic acid groups (broad SMARTS) is 2. The first kappa shape index (κ1) is 85.0. The molecule has 25 nitrogen and oxygen atoms in total. The summed E-state index contributed by atoms with van der Waals surface area (Å²) in [6, 6.07) is 22.4. The van der Waals surface area contributed by atoms with Gasteiger partial charge in [-0.25, -0.2) is 18.0 Å². The Morgan fingerprint density at radius 2 is 0.602 bits per heavy atom. The molecule has 4 aliphatic heterocycles. The third kappa shape index (κ3) is 19.7. The Kier molecular flexibility index (Phi) is 24.7. The lowest BCUT2D eigenvalue weighted by Gasteiger charge is -2.32. The van der Waals surface area contributed by atoms with Crippen molar-refractivity contribution in [3.8, 4) is 0 Å². The molecule has 8 N–H and O–H groups in total. The number of hydrogen-bond donors (Lipinski definition) is 8. The molecule has 0 bridgehead atoms. The molecule has 2 amide bonds. The maximum atomic E-state index is 14.9. The van der Waals surface area contributed by atoms with Crippen LogP contribution < -0.4 is 43.4 Å². The zero-order chi connectivity index (χ0) is 80.9. The second-order valence-corrected chi connectivity index (χ2v) is 31.6.